The normalized spacial score (nSPS) is 18.5. The Morgan fingerprint density at radius 3 is 2.93 bits per heavy atom. The van der Waals surface area contributed by atoms with Gasteiger partial charge in [0.25, 0.3) is 0 Å². The molecule has 6 N–H and O–H groups in total. The molecule has 8 nitrogen and oxygen atoms in total. The van der Waals surface area contributed by atoms with Crippen molar-refractivity contribution < 1.29 is 14.6 Å². The fraction of sp³-hybridized carbons (Fsp3) is 0.526. The quantitative estimate of drug-likeness (QED) is 0.542. The molecule has 2 aliphatic heterocycles. The molecule has 27 heavy (non-hydrogen) atoms. The average Bonchev–Trinajstić information content (AvgIpc) is 2.89. The van der Waals surface area contributed by atoms with Crippen molar-refractivity contribution in [3.63, 3.8) is 0 Å². The van der Waals surface area contributed by atoms with E-state index in [9.17, 15) is 9.90 Å². The molecule has 146 valence electrons. The van der Waals surface area contributed by atoms with Crippen LogP contribution in [0.2, 0.25) is 0 Å². The fourth-order valence-electron chi connectivity index (χ4n) is 3.88. The molecule has 1 atom stereocenters. The monoisotopic (exact) mass is 373 g/mol. The van der Waals surface area contributed by atoms with Crippen LogP contribution in [-0.4, -0.2) is 54.9 Å². The standard InChI is InChI=1S/C19H27N5O3/c1-11(18(20)26)22-13-8-14-16-15(9-13)27-7-4-21-17(16)19(23-14)24-5-2-12(10-25)3-6-24/h8-9,11-12,21-23,25H,2-7,10H2,1H3,(H2,20,26)/t11-/m0/s1. The molecular weight excluding hydrogens is 346 g/mol. The van der Waals surface area contributed by atoms with E-state index in [4.69, 9.17) is 10.5 Å². The number of carbonyl (C=O) groups excluding carboxylic acids is 1. The minimum Gasteiger partial charge on any atom is -0.491 e. The maximum absolute atomic E-state index is 11.4. The zero-order valence-electron chi connectivity index (χ0n) is 15.5. The molecule has 3 heterocycles. The summed E-state index contributed by atoms with van der Waals surface area (Å²) in [6.07, 6.45) is 1.97. The summed E-state index contributed by atoms with van der Waals surface area (Å²) in [5.74, 6) is 1.85. The van der Waals surface area contributed by atoms with Gasteiger partial charge in [-0.15, -0.1) is 0 Å². The molecule has 2 aliphatic rings. The van der Waals surface area contributed by atoms with Gasteiger partial charge in [-0.3, -0.25) is 4.79 Å². The molecule has 0 radical (unpaired) electrons. The molecule has 0 aliphatic carbocycles. The molecule has 0 spiro atoms. The van der Waals surface area contributed by atoms with E-state index in [0.717, 1.165) is 66.3 Å². The zero-order valence-corrected chi connectivity index (χ0v) is 15.5. The van der Waals surface area contributed by atoms with Gasteiger partial charge in [-0.25, -0.2) is 0 Å². The first-order chi connectivity index (χ1) is 13.1. The van der Waals surface area contributed by atoms with Crippen LogP contribution in [0.3, 0.4) is 0 Å². The van der Waals surface area contributed by atoms with E-state index in [-0.39, 0.29) is 6.61 Å². The van der Waals surface area contributed by atoms with Crippen LogP contribution in [0.5, 0.6) is 5.75 Å². The second-order valence-corrected chi connectivity index (χ2v) is 7.40. The maximum atomic E-state index is 11.4. The molecule has 0 saturated carbocycles. The highest BCUT2D eigenvalue weighted by Gasteiger charge is 2.26. The molecular formula is C19H27N5O3. The highest BCUT2D eigenvalue weighted by atomic mass is 16.5. The van der Waals surface area contributed by atoms with Crippen LogP contribution in [0.25, 0.3) is 10.9 Å². The summed E-state index contributed by atoms with van der Waals surface area (Å²) in [4.78, 5) is 17.3. The highest BCUT2D eigenvalue weighted by molar-refractivity contribution is 6.05. The lowest BCUT2D eigenvalue weighted by Crippen LogP contribution is -2.35. The Hall–Kier alpha value is -2.61. The first kappa shape index (κ1) is 17.8. The number of H-pyrrole nitrogens is 1. The van der Waals surface area contributed by atoms with E-state index in [1.54, 1.807) is 6.92 Å². The predicted octanol–water partition coefficient (Wildman–Crippen LogP) is 1.47. The number of aromatic nitrogens is 1. The number of hydrogen-bond donors (Lipinski definition) is 5. The number of hydrogen-bond acceptors (Lipinski definition) is 6. The number of ether oxygens (including phenoxy) is 1. The van der Waals surface area contributed by atoms with Crippen LogP contribution in [0.15, 0.2) is 12.1 Å². The maximum Gasteiger partial charge on any atom is 0.239 e. The van der Waals surface area contributed by atoms with Crippen molar-refractivity contribution in [3.8, 4) is 5.75 Å². The molecule has 8 heteroatoms. The smallest absolute Gasteiger partial charge is 0.239 e. The lowest BCUT2D eigenvalue weighted by atomic mass is 9.98. The molecule has 1 saturated heterocycles. The second-order valence-electron chi connectivity index (χ2n) is 7.40. The number of amides is 1. The molecule has 1 aromatic carbocycles. The topological polar surface area (TPSA) is 116 Å². The van der Waals surface area contributed by atoms with Gasteiger partial charge < -0.3 is 36.1 Å². The van der Waals surface area contributed by atoms with Crippen LogP contribution < -0.4 is 26.0 Å². The van der Waals surface area contributed by atoms with E-state index < -0.39 is 11.9 Å². The van der Waals surface area contributed by atoms with Crippen molar-refractivity contribution in [2.45, 2.75) is 25.8 Å². The van der Waals surface area contributed by atoms with Crippen molar-refractivity contribution in [1.82, 2.24) is 4.98 Å². The van der Waals surface area contributed by atoms with Crippen molar-refractivity contribution in [2.24, 2.45) is 11.7 Å². The summed E-state index contributed by atoms with van der Waals surface area (Å²) >= 11 is 0. The first-order valence-corrected chi connectivity index (χ1v) is 9.55. The third-order valence-corrected chi connectivity index (χ3v) is 5.50. The number of aromatic amines is 1. The van der Waals surface area contributed by atoms with Crippen molar-refractivity contribution in [2.75, 3.05) is 48.4 Å². The molecule has 1 aromatic heterocycles. The largest absolute Gasteiger partial charge is 0.491 e. The molecule has 0 bridgehead atoms. The Bertz CT molecular complexity index is 841. The molecule has 1 amide bonds. The molecule has 1 fully saturated rings. The summed E-state index contributed by atoms with van der Waals surface area (Å²) in [5.41, 5.74) is 8.19. The number of carbonyl (C=O) groups is 1. The lowest BCUT2D eigenvalue weighted by Gasteiger charge is -2.32. The predicted molar refractivity (Wildman–Crippen MR) is 107 cm³/mol. The second kappa shape index (κ2) is 7.19. The van der Waals surface area contributed by atoms with E-state index in [2.05, 4.69) is 20.5 Å². The Balaban J connectivity index is 1.71. The van der Waals surface area contributed by atoms with Crippen molar-refractivity contribution in [1.29, 1.82) is 0 Å². The lowest BCUT2D eigenvalue weighted by molar-refractivity contribution is -0.118. The number of piperidine rings is 1. The molecule has 0 unspecified atom stereocenters. The minimum atomic E-state index is -0.468. The van der Waals surface area contributed by atoms with Gasteiger partial charge in [0.2, 0.25) is 5.91 Å². The van der Waals surface area contributed by atoms with E-state index in [1.165, 1.54) is 0 Å². The summed E-state index contributed by atoms with van der Waals surface area (Å²) in [6.45, 7) is 5.12. The highest BCUT2D eigenvalue weighted by Crippen LogP contribution is 2.43. The van der Waals surface area contributed by atoms with E-state index >= 15 is 0 Å². The number of aliphatic hydroxyl groups is 1. The number of rotatable bonds is 5. The van der Waals surface area contributed by atoms with Crippen LogP contribution in [0, 0.1) is 5.92 Å². The number of nitrogens with one attached hydrogen (secondary N) is 3. The number of anilines is 3. The van der Waals surface area contributed by atoms with Crippen LogP contribution >= 0.6 is 0 Å². The van der Waals surface area contributed by atoms with Gasteiger partial charge in [0, 0.05) is 38.0 Å². The van der Waals surface area contributed by atoms with Gasteiger partial charge in [0.1, 0.15) is 24.2 Å². The Labute approximate surface area is 158 Å². The van der Waals surface area contributed by atoms with Gasteiger partial charge in [-0.2, -0.15) is 0 Å². The number of primary amides is 1. The third kappa shape index (κ3) is 3.37. The molecule has 2 aromatic rings. The van der Waals surface area contributed by atoms with E-state index in [0.29, 0.717) is 12.5 Å². The fourth-order valence-corrected chi connectivity index (χ4v) is 3.88. The number of nitrogens with two attached hydrogens (primary N) is 1. The van der Waals surface area contributed by atoms with E-state index in [1.807, 2.05) is 12.1 Å². The van der Waals surface area contributed by atoms with Crippen LogP contribution in [0.4, 0.5) is 17.2 Å². The van der Waals surface area contributed by atoms with Gasteiger partial charge in [-0.05, 0) is 31.7 Å². The van der Waals surface area contributed by atoms with Crippen LogP contribution in [0.1, 0.15) is 19.8 Å². The van der Waals surface area contributed by atoms with Crippen LogP contribution in [-0.2, 0) is 4.79 Å². The van der Waals surface area contributed by atoms with Gasteiger partial charge >= 0.3 is 0 Å². The van der Waals surface area contributed by atoms with Gasteiger partial charge in [0.15, 0.2) is 0 Å². The summed E-state index contributed by atoms with van der Waals surface area (Å²) in [7, 11) is 0. The Morgan fingerprint density at radius 1 is 1.44 bits per heavy atom. The van der Waals surface area contributed by atoms with Crippen molar-refractivity contribution >= 4 is 34.0 Å². The summed E-state index contributed by atoms with van der Waals surface area (Å²) in [5, 5.41) is 17.1. The third-order valence-electron chi connectivity index (χ3n) is 5.50. The Morgan fingerprint density at radius 2 is 2.22 bits per heavy atom. The molecule has 4 rings (SSSR count). The zero-order chi connectivity index (χ0) is 19.0. The number of nitrogens with zero attached hydrogens (tertiary/aromatic N) is 1. The summed E-state index contributed by atoms with van der Waals surface area (Å²) in [6, 6.07) is 3.45. The van der Waals surface area contributed by atoms with Gasteiger partial charge in [-0.1, -0.05) is 0 Å². The number of benzene rings is 1. The average molecular weight is 373 g/mol. The van der Waals surface area contributed by atoms with Crippen molar-refractivity contribution in [3.05, 3.63) is 12.1 Å². The minimum absolute atomic E-state index is 0.261. The first-order valence-electron chi connectivity index (χ1n) is 9.55. The SMILES string of the molecule is C[C@H](Nc1cc2c3c(c(N4CCC(CO)CC4)[nH]c3c1)NCCO2)C(N)=O. The summed E-state index contributed by atoms with van der Waals surface area (Å²) < 4.78 is 5.95. The van der Waals surface area contributed by atoms with Gasteiger partial charge in [0.05, 0.1) is 16.6 Å². The number of aliphatic hydroxyl groups excluding tert-OH is 1. The Kier molecular flexibility index (Phi) is 4.73.